The molecule has 3 aromatic carbocycles. The van der Waals surface area contributed by atoms with Gasteiger partial charge in [-0.15, -0.1) is 0 Å². The SMILES string of the molecule is CCN.CC[C@@H](C)Oc1cc2c(cc1OC)CC(=O)N(c1ccc(N(C)CC3CCCCC3)cc1)C2c1ccc(Cl)cc1. The molecule has 0 bridgehead atoms. The number of nitrogens with zero attached hydrogens (tertiary/aromatic N) is 2. The minimum atomic E-state index is -0.315. The fourth-order valence-electron chi connectivity index (χ4n) is 6.11. The van der Waals surface area contributed by atoms with Gasteiger partial charge in [0.2, 0.25) is 5.91 Å². The average molecular weight is 606 g/mol. The molecule has 1 saturated carbocycles. The largest absolute Gasteiger partial charge is 0.493 e. The van der Waals surface area contributed by atoms with Crippen LogP contribution in [-0.4, -0.2) is 39.3 Å². The fourth-order valence-corrected chi connectivity index (χ4v) is 6.23. The number of benzene rings is 3. The lowest BCUT2D eigenvalue weighted by Gasteiger charge is -2.38. The van der Waals surface area contributed by atoms with Crippen molar-refractivity contribution in [2.45, 2.75) is 77.9 Å². The zero-order chi connectivity index (χ0) is 30.9. The highest BCUT2D eigenvalue weighted by molar-refractivity contribution is 6.30. The molecule has 7 heteroatoms. The van der Waals surface area contributed by atoms with Gasteiger partial charge in [-0.25, -0.2) is 0 Å². The van der Waals surface area contributed by atoms with Crippen LogP contribution in [0.5, 0.6) is 11.5 Å². The van der Waals surface area contributed by atoms with Crippen LogP contribution in [0.1, 0.15) is 82.0 Å². The number of anilines is 2. The molecule has 0 radical (unpaired) electrons. The Balaban J connectivity index is 0.00000135. The predicted octanol–water partition coefficient (Wildman–Crippen LogP) is 8.19. The van der Waals surface area contributed by atoms with Crippen molar-refractivity contribution < 1.29 is 14.3 Å². The number of ether oxygens (including phenoxy) is 2. The lowest BCUT2D eigenvalue weighted by molar-refractivity contribution is -0.118. The Kier molecular flexibility index (Phi) is 11.8. The number of methoxy groups -OCH3 is 1. The second kappa shape index (κ2) is 15.5. The molecule has 0 spiro atoms. The van der Waals surface area contributed by atoms with Crippen molar-refractivity contribution in [3.05, 3.63) is 82.4 Å². The van der Waals surface area contributed by atoms with E-state index in [0.717, 1.165) is 47.8 Å². The van der Waals surface area contributed by atoms with Crippen LogP contribution in [0, 0.1) is 5.92 Å². The number of hydrogen-bond donors (Lipinski definition) is 1. The van der Waals surface area contributed by atoms with Gasteiger partial charge in [-0.3, -0.25) is 4.79 Å². The van der Waals surface area contributed by atoms with Gasteiger partial charge in [0.05, 0.1) is 25.7 Å². The van der Waals surface area contributed by atoms with Gasteiger partial charge >= 0.3 is 0 Å². The summed E-state index contributed by atoms with van der Waals surface area (Å²) in [5, 5.41) is 0.665. The minimum Gasteiger partial charge on any atom is -0.493 e. The highest BCUT2D eigenvalue weighted by Gasteiger charge is 2.36. The van der Waals surface area contributed by atoms with Gasteiger partial charge in [0.15, 0.2) is 11.5 Å². The van der Waals surface area contributed by atoms with Gasteiger partial charge < -0.3 is 25.0 Å². The van der Waals surface area contributed by atoms with Crippen molar-refractivity contribution in [2.75, 3.05) is 37.0 Å². The zero-order valence-corrected chi connectivity index (χ0v) is 27.2. The summed E-state index contributed by atoms with van der Waals surface area (Å²) < 4.78 is 12.0. The van der Waals surface area contributed by atoms with Crippen LogP contribution in [0.4, 0.5) is 11.4 Å². The van der Waals surface area contributed by atoms with E-state index in [2.05, 4.69) is 56.1 Å². The average Bonchev–Trinajstić information content (AvgIpc) is 3.01. The number of carbonyl (C=O) groups excluding carboxylic acids is 1. The number of halogens is 1. The second-order valence-corrected chi connectivity index (χ2v) is 12.2. The van der Waals surface area contributed by atoms with E-state index in [9.17, 15) is 4.79 Å². The van der Waals surface area contributed by atoms with Gasteiger partial charge in [0.1, 0.15) is 0 Å². The molecule has 1 heterocycles. The number of carbonyl (C=O) groups is 1. The van der Waals surface area contributed by atoms with E-state index in [1.165, 1.54) is 37.8 Å². The van der Waals surface area contributed by atoms with E-state index in [1.54, 1.807) is 7.11 Å². The summed E-state index contributed by atoms with van der Waals surface area (Å²) in [4.78, 5) is 18.1. The number of nitrogens with two attached hydrogens (primary N) is 1. The lowest BCUT2D eigenvalue weighted by atomic mass is 9.86. The first-order valence-electron chi connectivity index (χ1n) is 15.8. The quantitative estimate of drug-likeness (QED) is 0.266. The summed E-state index contributed by atoms with van der Waals surface area (Å²) in [7, 11) is 3.82. The van der Waals surface area contributed by atoms with E-state index >= 15 is 0 Å². The summed E-state index contributed by atoms with van der Waals surface area (Å²) in [6.45, 7) is 7.88. The number of rotatable bonds is 9. The lowest BCUT2D eigenvalue weighted by Crippen LogP contribution is -2.41. The summed E-state index contributed by atoms with van der Waals surface area (Å²) >= 11 is 6.27. The molecule has 0 saturated heterocycles. The van der Waals surface area contributed by atoms with Crippen LogP contribution in [0.15, 0.2) is 60.7 Å². The molecule has 6 nitrogen and oxygen atoms in total. The molecule has 232 valence electrons. The van der Waals surface area contributed by atoms with Crippen LogP contribution < -0.4 is 25.0 Å². The first-order chi connectivity index (χ1) is 20.8. The standard InChI is InChI=1S/C34H41ClN2O3.C2H7N/c1-5-23(2)40-32-21-30-26(19-31(32)39-4)20-33(38)37(34(30)25-11-13-27(35)14-12-25)29-17-15-28(16-18-29)36(3)22-24-9-7-6-8-10-24;1-2-3/h11-19,21,23-24,34H,5-10,20,22H2,1-4H3;2-3H2,1H3/t23-,34?;/m1./s1. The van der Waals surface area contributed by atoms with E-state index in [4.69, 9.17) is 26.8 Å². The van der Waals surface area contributed by atoms with Crippen molar-refractivity contribution in [2.24, 2.45) is 11.7 Å². The molecule has 1 aliphatic heterocycles. The third-order valence-corrected chi connectivity index (χ3v) is 8.75. The second-order valence-electron chi connectivity index (χ2n) is 11.7. The van der Waals surface area contributed by atoms with E-state index in [1.807, 2.05) is 42.2 Å². The van der Waals surface area contributed by atoms with Gasteiger partial charge in [-0.1, -0.05) is 56.8 Å². The molecule has 2 atom stereocenters. The molecule has 2 N–H and O–H groups in total. The normalized spacial score (nSPS) is 17.4. The van der Waals surface area contributed by atoms with Gasteiger partial charge in [-0.05, 0) is 104 Å². The molecular weight excluding hydrogens is 558 g/mol. The monoisotopic (exact) mass is 605 g/mol. The Bertz CT molecular complexity index is 1320. The van der Waals surface area contributed by atoms with E-state index in [-0.39, 0.29) is 18.1 Å². The van der Waals surface area contributed by atoms with Crippen molar-refractivity contribution >= 4 is 28.9 Å². The van der Waals surface area contributed by atoms with Crippen LogP contribution >= 0.6 is 11.6 Å². The molecule has 0 aromatic heterocycles. The van der Waals surface area contributed by atoms with Crippen molar-refractivity contribution in [3.8, 4) is 11.5 Å². The van der Waals surface area contributed by atoms with Crippen LogP contribution in [0.25, 0.3) is 0 Å². The van der Waals surface area contributed by atoms with Gasteiger partial charge in [-0.2, -0.15) is 0 Å². The van der Waals surface area contributed by atoms with E-state index in [0.29, 0.717) is 22.9 Å². The Morgan fingerprint density at radius 1 is 1.00 bits per heavy atom. The Labute approximate surface area is 263 Å². The molecule has 1 unspecified atom stereocenters. The van der Waals surface area contributed by atoms with Crippen molar-refractivity contribution in [1.29, 1.82) is 0 Å². The molecule has 2 aliphatic rings. The summed E-state index contributed by atoms with van der Waals surface area (Å²) in [5.74, 6) is 2.16. The maximum absolute atomic E-state index is 13.8. The minimum absolute atomic E-state index is 0.0420. The highest BCUT2D eigenvalue weighted by Crippen LogP contribution is 2.44. The van der Waals surface area contributed by atoms with Crippen LogP contribution in [0.2, 0.25) is 5.02 Å². The molecule has 1 fully saturated rings. The Morgan fingerprint density at radius 2 is 1.65 bits per heavy atom. The maximum atomic E-state index is 13.8. The zero-order valence-electron chi connectivity index (χ0n) is 26.4. The summed E-state index contributed by atoms with van der Waals surface area (Å²) in [6.07, 6.45) is 7.92. The van der Waals surface area contributed by atoms with Crippen LogP contribution in [-0.2, 0) is 11.2 Å². The third kappa shape index (κ3) is 8.04. The van der Waals surface area contributed by atoms with Gasteiger partial charge in [0, 0.05) is 30.0 Å². The summed E-state index contributed by atoms with van der Waals surface area (Å²) in [5.41, 5.74) is 9.90. The topological polar surface area (TPSA) is 68.0 Å². The number of fused-ring (bicyclic) bond motifs is 1. The van der Waals surface area contributed by atoms with Crippen LogP contribution in [0.3, 0.4) is 0 Å². The van der Waals surface area contributed by atoms with E-state index < -0.39 is 0 Å². The first-order valence-corrected chi connectivity index (χ1v) is 16.1. The first kappa shape index (κ1) is 32.7. The summed E-state index contributed by atoms with van der Waals surface area (Å²) in [6, 6.07) is 20.0. The third-order valence-electron chi connectivity index (χ3n) is 8.50. The fraction of sp³-hybridized carbons (Fsp3) is 0.472. The highest BCUT2D eigenvalue weighted by atomic mass is 35.5. The number of hydrogen-bond acceptors (Lipinski definition) is 5. The molecular formula is C36H48ClN3O3. The molecule has 1 amide bonds. The van der Waals surface area contributed by atoms with Crippen molar-refractivity contribution in [1.82, 2.24) is 0 Å². The van der Waals surface area contributed by atoms with Crippen molar-refractivity contribution in [3.63, 3.8) is 0 Å². The predicted molar refractivity (Wildman–Crippen MR) is 179 cm³/mol. The maximum Gasteiger partial charge on any atom is 0.232 e. The van der Waals surface area contributed by atoms with Gasteiger partial charge in [0.25, 0.3) is 0 Å². The smallest absolute Gasteiger partial charge is 0.232 e. The molecule has 3 aromatic rings. The molecule has 1 aliphatic carbocycles. The Morgan fingerprint density at radius 3 is 2.26 bits per heavy atom. The molecule has 5 rings (SSSR count). The number of amides is 1. The molecule has 43 heavy (non-hydrogen) atoms. The Hall–Kier alpha value is -3.22.